The molecule has 0 aromatic heterocycles. The van der Waals surface area contributed by atoms with Gasteiger partial charge < -0.3 is 29.9 Å². The Kier molecular flexibility index (Phi) is 5.90. The third kappa shape index (κ3) is 3.55. The Balaban J connectivity index is 1.46. The lowest BCUT2D eigenvalue weighted by Crippen LogP contribution is -2.57. The molecule has 1 aromatic carbocycles. The maximum absolute atomic E-state index is 12.1. The fourth-order valence-electron chi connectivity index (χ4n) is 8.99. The van der Waals surface area contributed by atoms with Crippen LogP contribution < -0.4 is 10.2 Å². The van der Waals surface area contributed by atoms with Crippen molar-refractivity contribution in [1.29, 1.82) is 0 Å². The van der Waals surface area contributed by atoms with Gasteiger partial charge in [0.15, 0.2) is 5.79 Å². The van der Waals surface area contributed by atoms with Gasteiger partial charge in [-0.25, -0.2) is 0 Å². The van der Waals surface area contributed by atoms with E-state index in [-0.39, 0.29) is 11.3 Å². The molecule has 4 aliphatic carbocycles. The number of fused-ring (bicyclic) bond motifs is 4. The van der Waals surface area contributed by atoms with Crippen molar-refractivity contribution in [3.8, 4) is 0 Å². The monoisotopic (exact) mass is 496 g/mol. The summed E-state index contributed by atoms with van der Waals surface area (Å²) < 4.78 is 12.1. The summed E-state index contributed by atoms with van der Waals surface area (Å²) in [7, 11) is 6.10. The van der Waals surface area contributed by atoms with Gasteiger partial charge >= 0.3 is 0 Å². The fourth-order valence-corrected chi connectivity index (χ4v) is 8.99. The number of nitrogens with one attached hydrogen (secondary N) is 1. The Hall–Kier alpha value is -1.44. The number of allylic oxidation sites excluding steroid dienone is 1. The van der Waals surface area contributed by atoms with E-state index in [1.807, 2.05) is 7.05 Å². The SMILES string of the molecule is CNC[C@]1(O)CC[C@H]2[C@@H]3CC[C@@]4(O)CC5(CCC4=C3[C@@H](c3ccc(N(C)C)cc3)C[C@@]21C)OCCO5. The number of benzene rings is 1. The maximum atomic E-state index is 12.1. The first-order valence-electron chi connectivity index (χ1n) is 14.0. The minimum atomic E-state index is -0.857. The lowest BCUT2D eigenvalue weighted by Gasteiger charge is -2.57. The summed E-state index contributed by atoms with van der Waals surface area (Å²) in [5.41, 5.74) is 3.50. The van der Waals surface area contributed by atoms with E-state index in [0.29, 0.717) is 38.0 Å². The Morgan fingerprint density at radius 3 is 2.42 bits per heavy atom. The molecule has 6 atom stereocenters. The summed E-state index contributed by atoms with van der Waals surface area (Å²) >= 11 is 0. The van der Waals surface area contributed by atoms with Crippen molar-refractivity contribution in [2.45, 2.75) is 81.2 Å². The maximum Gasteiger partial charge on any atom is 0.171 e. The number of nitrogens with zero attached hydrogens (tertiary/aromatic N) is 1. The van der Waals surface area contributed by atoms with Crippen LogP contribution in [0.3, 0.4) is 0 Å². The van der Waals surface area contributed by atoms with Crippen LogP contribution in [-0.4, -0.2) is 68.1 Å². The second kappa shape index (κ2) is 8.54. The molecule has 198 valence electrons. The molecule has 1 spiro atoms. The van der Waals surface area contributed by atoms with Crippen molar-refractivity contribution >= 4 is 5.69 Å². The molecule has 0 bridgehead atoms. The Morgan fingerprint density at radius 1 is 1.03 bits per heavy atom. The number of aliphatic hydroxyl groups is 2. The van der Waals surface area contributed by atoms with Crippen LogP contribution in [0.15, 0.2) is 35.4 Å². The molecule has 6 nitrogen and oxygen atoms in total. The molecule has 3 saturated carbocycles. The van der Waals surface area contributed by atoms with Gasteiger partial charge in [0, 0.05) is 50.5 Å². The minimum absolute atomic E-state index is 0.168. The second-order valence-corrected chi connectivity index (χ2v) is 12.8. The van der Waals surface area contributed by atoms with Gasteiger partial charge in [-0.3, -0.25) is 0 Å². The lowest BCUT2D eigenvalue weighted by molar-refractivity contribution is -0.208. The first kappa shape index (κ1) is 24.9. The number of likely N-dealkylation sites (N-methyl/N-ethyl adjacent to an activating group) is 1. The third-order valence-corrected chi connectivity index (χ3v) is 10.8. The predicted octanol–water partition coefficient (Wildman–Crippen LogP) is 3.97. The smallest absolute Gasteiger partial charge is 0.171 e. The second-order valence-electron chi connectivity index (χ2n) is 12.8. The molecule has 1 saturated heterocycles. The highest BCUT2D eigenvalue weighted by Crippen LogP contribution is 2.67. The lowest BCUT2D eigenvalue weighted by atomic mass is 9.49. The summed E-state index contributed by atoms with van der Waals surface area (Å²) in [5.74, 6) is 0.436. The van der Waals surface area contributed by atoms with Crippen LogP contribution in [-0.2, 0) is 9.47 Å². The molecule has 0 amide bonds. The first-order valence-corrected chi connectivity index (χ1v) is 14.0. The molecule has 1 heterocycles. The van der Waals surface area contributed by atoms with Crippen molar-refractivity contribution < 1.29 is 19.7 Å². The van der Waals surface area contributed by atoms with Gasteiger partial charge in [0.2, 0.25) is 0 Å². The average molecular weight is 497 g/mol. The molecule has 6 heteroatoms. The van der Waals surface area contributed by atoms with Gasteiger partial charge in [-0.05, 0) is 80.7 Å². The van der Waals surface area contributed by atoms with E-state index < -0.39 is 17.0 Å². The quantitative estimate of drug-likeness (QED) is 0.548. The minimum Gasteiger partial charge on any atom is -0.388 e. The van der Waals surface area contributed by atoms with Crippen LogP contribution >= 0.6 is 0 Å². The van der Waals surface area contributed by atoms with Gasteiger partial charge in [-0.2, -0.15) is 0 Å². The average Bonchev–Trinajstić information content (AvgIpc) is 3.40. The topological polar surface area (TPSA) is 74.2 Å². The summed E-state index contributed by atoms with van der Waals surface area (Å²) in [5, 5.41) is 27.4. The van der Waals surface area contributed by atoms with E-state index in [4.69, 9.17) is 9.47 Å². The number of hydrogen-bond donors (Lipinski definition) is 3. The molecular formula is C30H44N2O4. The standard InChI is InChI=1S/C30H44N2O4/c1-27-17-23(20-5-7-21(8-6-20)32(3)4)26-22(24(27)10-13-29(27,34)19-31-2)9-12-28(33)18-30(14-11-25(26)28)35-15-16-36-30/h5-8,22-24,31,33-34H,9-19H2,1-4H3/t22-,23+,24-,27-,28+,29+/m0/s1. The van der Waals surface area contributed by atoms with Crippen LogP contribution in [0.5, 0.6) is 0 Å². The van der Waals surface area contributed by atoms with Crippen molar-refractivity contribution in [1.82, 2.24) is 5.32 Å². The zero-order valence-corrected chi connectivity index (χ0v) is 22.5. The number of ether oxygens (including phenoxy) is 2. The molecule has 5 aliphatic rings. The van der Waals surface area contributed by atoms with Crippen molar-refractivity contribution in [3.63, 3.8) is 0 Å². The van der Waals surface area contributed by atoms with E-state index in [1.54, 1.807) is 0 Å². The van der Waals surface area contributed by atoms with Crippen molar-refractivity contribution in [2.75, 3.05) is 45.8 Å². The zero-order chi connectivity index (χ0) is 25.3. The van der Waals surface area contributed by atoms with Crippen LogP contribution in [0.2, 0.25) is 0 Å². The van der Waals surface area contributed by atoms with E-state index >= 15 is 0 Å². The Labute approximate surface area is 216 Å². The van der Waals surface area contributed by atoms with E-state index in [1.165, 1.54) is 22.4 Å². The van der Waals surface area contributed by atoms with Gasteiger partial charge in [0.05, 0.1) is 24.4 Å². The van der Waals surface area contributed by atoms with Gasteiger partial charge in [-0.1, -0.05) is 24.6 Å². The van der Waals surface area contributed by atoms with Crippen molar-refractivity contribution in [3.05, 3.63) is 41.0 Å². The molecular weight excluding hydrogens is 452 g/mol. The zero-order valence-electron chi connectivity index (χ0n) is 22.5. The van der Waals surface area contributed by atoms with E-state index in [2.05, 4.69) is 55.5 Å². The summed E-state index contributed by atoms with van der Waals surface area (Å²) in [6, 6.07) is 8.98. The normalized spacial score (nSPS) is 41.2. The molecule has 36 heavy (non-hydrogen) atoms. The third-order valence-electron chi connectivity index (χ3n) is 10.8. The number of anilines is 1. The van der Waals surface area contributed by atoms with Gasteiger partial charge in [-0.15, -0.1) is 0 Å². The summed E-state index contributed by atoms with van der Waals surface area (Å²) in [6.45, 7) is 4.22. The molecule has 0 unspecified atom stereocenters. The highest BCUT2D eigenvalue weighted by atomic mass is 16.7. The summed E-state index contributed by atoms with van der Waals surface area (Å²) in [4.78, 5) is 2.14. The highest BCUT2D eigenvalue weighted by Gasteiger charge is 2.64. The van der Waals surface area contributed by atoms with Crippen LogP contribution in [0.1, 0.15) is 69.8 Å². The molecule has 1 aromatic rings. The molecule has 0 radical (unpaired) electrons. The Bertz CT molecular complexity index is 1030. The van der Waals surface area contributed by atoms with Gasteiger partial charge in [0.25, 0.3) is 0 Å². The van der Waals surface area contributed by atoms with Gasteiger partial charge in [0.1, 0.15) is 0 Å². The number of rotatable bonds is 4. The van der Waals surface area contributed by atoms with E-state index in [9.17, 15) is 10.2 Å². The predicted molar refractivity (Wildman–Crippen MR) is 141 cm³/mol. The van der Waals surface area contributed by atoms with Crippen molar-refractivity contribution in [2.24, 2.45) is 17.3 Å². The van der Waals surface area contributed by atoms with Crippen LogP contribution in [0, 0.1) is 17.3 Å². The Morgan fingerprint density at radius 2 is 1.75 bits per heavy atom. The molecule has 4 fully saturated rings. The van der Waals surface area contributed by atoms with Crippen LogP contribution in [0.4, 0.5) is 5.69 Å². The van der Waals surface area contributed by atoms with Crippen LogP contribution in [0.25, 0.3) is 0 Å². The molecule has 6 rings (SSSR count). The highest BCUT2D eigenvalue weighted by molar-refractivity contribution is 5.50. The molecule has 3 N–H and O–H groups in total. The first-order chi connectivity index (χ1) is 17.1. The number of hydrogen-bond acceptors (Lipinski definition) is 6. The van der Waals surface area contributed by atoms with E-state index in [0.717, 1.165) is 44.9 Å². The molecule has 1 aliphatic heterocycles. The largest absolute Gasteiger partial charge is 0.388 e. The summed E-state index contributed by atoms with van der Waals surface area (Å²) in [6.07, 6.45) is 6.73. The fraction of sp³-hybridized carbons (Fsp3) is 0.733.